The molecule has 1 saturated carbocycles. The van der Waals surface area contributed by atoms with E-state index in [1.165, 1.54) is 38.5 Å². The molecule has 1 rings (SSSR count). The van der Waals surface area contributed by atoms with Gasteiger partial charge in [0.2, 0.25) is 0 Å². The molecular formula is C14H29NO. The van der Waals surface area contributed by atoms with Gasteiger partial charge in [0.05, 0.1) is 0 Å². The van der Waals surface area contributed by atoms with Crippen molar-refractivity contribution in [2.45, 2.75) is 58.4 Å². The maximum atomic E-state index is 5.49. The molecule has 0 aromatic carbocycles. The normalized spacial score (nSPS) is 27.9. The fourth-order valence-corrected chi connectivity index (χ4v) is 3.20. The molecule has 1 N–H and O–H groups in total. The minimum Gasteiger partial charge on any atom is -0.382 e. The first kappa shape index (κ1) is 14.0. The van der Waals surface area contributed by atoms with Gasteiger partial charge in [-0.15, -0.1) is 0 Å². The first-order valence-electron chi connectivity index (χ1n) is 7.08. The van der Waals surface area contributed by atoms with Crippen molar-refractivity contribution >= 4 is 0 Å². The van der Waals surface area contributed by atoms with Crippen LogP contribution in [0.3, 0.4) is 0 Å². The molecule has 0 amide bonds. The molecule has 0 aromatic heterocycles. The topological polar surface area (TPSA) is 21.3 Å². The number of nitrogens with one attached hydrogen (secondary N) is 1. The van der Waals surface area contributed by atoms with Crippen LogP contribution in [0.4, 0.5) is 0 Å². The second kappa shape index (κ2) is 8.08. The van der Waals surface area contributed by atoms with Gasteiger partial charge >= 0.3 is 0 Å². The van der Waals surface area contributed by atoms with Gasteiger partial charge in [0.15, 0.2) is 0 Å². The lowest BCUT2D eigenvalue weighted by atomic mass is 9.73. The average molecular weight is 227 g/mol. The zero-order valence-electron chi connectivity index (χ0n) is 11.3. The molecule has 96 valence electrons. The van der Waals surface area contributed by atoms with Crippen molar-refractivity contribution < 1.29 is 4.74 Å². The van der Waals surface area contributed by atoms with Gasteiger partial charge in [-0.1, -0.05) is 32.6 Å². The summed E-state index contributed by atoms with van der Waals surface area (Å²) in [6.07, 6.45) is 8.23. The molecular weight excluding hydrogens is 198 g/mol. The smallest absolute Gasteiger partial charge is 0.0480 e. The van der Waals surface area contributed by atoms with Crippen molar-refractivity contribution in [3.05, 3.63) is 0 Å². The maximum Gasteiger partial charge on any atom is 0.0480 e. The Morgan fingerprint density at radius 3 is 2.62 bits per heavy atom. The molecule has 1 aliphatic carbocycles. The Labute approximate surface area is 101 Å². The number of rotatable bonds is 7. The molecule has 0 saturated heterocycles. The predicted octanol–water partition coefficient (Wildman–Crippen LogP) is 3.22. The molecule has 2 heteroatoms. The van der Waals surface area contributed by atoms with Crippen LogP contribution in [0.2, 0.25) is 0 Å². The third kappa shape index (κ3) is 4.06. The molecule has 3 atom stereocenters. The minimum absolute atomic E-state index is 0.664. The van der Waals surface area contributed by atoms with Gasteiger partial charge in [-0.3, -0.25) is 0 Å². The third-order valence-electron chi connectivity index (χ3n) is 4.16. The van der Waals surface area contributed by atoms with Crippen LogP contribution in [0.1, 0.15) is 52.4 Å². The van der Waals surface area contributed by atoms with Gasteiger partial charge in [-0.25, -0.2) is 0 Å². The van der Waals surface area contributed by atoms with Gasteiger partial charge in [-0.05, 0) is 38.6 Å². The third-order valence-corrected chi connectivity index (χ3v) is 4.16. The molecule has 0 spiro atoms. The molecule has 0 aromatic rings. The molecule has 0 radical (unpaired) electrons. The van der Waals surface area contributed by atoms with E-state index in [-0.39, 0.29) is 0 Å². The Hall–Kier alpha value is -0.0800. The summed E-state index contributed by atoms with van der Waals surface area (Å²) in [4.78, 5) is 0. The van der Waals surface area contributed by atoms with E-state index >= 15 is 0 Å². The van der Waals surface area contributed by atoms with E-state index in [1.807, 2.05) is 0 Å². The van der Waals surface area contributed by atoms with E-state index < -0.39 is 0 Å². The molecule has 1 fully saturated rings. The van der Waals surface area contributed by atoms with E-state index in [1.54, 1.807) is 0 Å². The molecule has 1 aliphatic rings. The van der Waals surface area contributed by atoms with Crippen LogP contribution in [0.15, 0.2) is 0 Å². The van der Waals surface area contributed by atoms with Crippen molar-refractivity contribution in [3.8, 4) is 0 Å². The first-order chi connectivity index (χ1) is 7.83. The summed E-state index contributed by atoms with van der Waals surface area (Å²) in [6.45, 7) is 6.18. The number of hydrogen-bond donors (Lipinski definition) is 1. The van der Waals surface area contributed by atoms with Crippen LogP contribution in [-0.4, -0.2) is 26.3 Å². The van der Waals surface area contributed by atoms with Gasteiger partial charge in [0.1, 0.15) is 0 Å². The quantitative estimate of drug-likeness (QED) is 0.674. The molecule has 2 nitrogen and oxygen atoms in total. The highest BCUT2D eigenvalue weighted by atomic mass is 16.5. The lowest BCUT2D eigenvalue weighted by Crippen LogP contribution is -2.40. The van der Waals surface area contributed by atoms with E-state index in [9.17, 15) is 0 Å². The average Bonchev–Trinajstić information content (AvgIpc) is 2.35. The Kier molecular flexibility index (Phi) is 7.06. The van der Waals surface area contributed by atoms with Crippen LogP contribution in [0.5, 0.6) is 0 Å². The Morgan fingerprint density at radius 2 is 2.00 bits per heavy atom. The van der Waals surface area contributed by atoms with Gasteiger partial charge in [0.25, 0.3) is 0 Å². The lowest BCUT2D eigenvalue weighted by Gasteiger charge is -2.36. The summed E-state index contributed by atoms with van der Waals surface area (Å²) in [6, 6.07) is 0.664. The van der Waals surface area contributed by atoms with E-state index in [0.717, 1.165) is 25.0 Å². The molecule has 0 heterocycles. The summed E-state index contributed by atoms with van der Waals surface area (Å²) < 4.78 is 5.49. The highest BCUT2D eigenvalue weighted by molar-refractivity contribution is 4.83. The van der Waals surface area contributed by atoms with Crippen molar-refractivity contribution in [2.24, 2.45) is 11.8 Å². The molecule has 0 bridgehead atoms. The van der Waals surface area contributed by atoms with E-state index in [2.05, 4.69) is 26.2 Å². The number of hydrogen-bond acceptors (Lipinski definition) is 2. The standard InChI is InChI=1S/C14H29NO/c1-4-12-8-6-7-9-13(12)14(15-3)10-11-16-5-2/h12-15H,4-11H2,1-3H3. The summed E-state index contributed by atoms with van der Waals surface area (Å²) >= 11 is 0. The minimum atomic E-state index is 0.664. The highest BCUT2D eigenvalue weighted by Gasteiger charge is 2.29. The predicted molar refractivity (Wildman–Crippen MR) is 69.7 cm³/mol. The van der Waals surface area contributed by atoms with Crippen molar-refractivity contribution in [2.75, 3.05) is 20.3 Å². The second-order valence-electron chi connectivity index (χ2n) is 5.00. The van der Waals surface area contributed by atoms with Crippen LogP contribution < -0.4 is 5.32 Å². The largest absolute Gasteiger partial charge is 0.382 e. The maximum absolute atomic E-state index is 5.49. The lowest BCUT2D eigenvalue weighted by molar-refractivity contribution is 0.109. The zero-order valence-corrected chi connectivity index (χ0v) is 11.3. The van der Waals surface area contributed by atoms with Gasteiger partial charge in [0, 0.05) is 19.3 Å². The van der Waals surface area contributed by atoms with Crippen LogP contribution in [0, 0.1) is 11.8 Å². The fourth-order valence-electron chi connectivity index (χ4n) is 3.20. The summed E-state index contributed by atoms with van der Waals surface area (Å²) in [5.41, 5.74) is 0. The Morgan fingerprint density at radius 1 is 1.25 bits per heavy atom. The van der Waals surface area contributed by atoms with E-state index in [0.29, 0.717) is 6.04 Å². The van der Waals surface area contributed by atoms with Crippen molar-refractivity contribution in [3.63, 3.8) is 0 Å². The molecule has 0 aliphatic heterocycles. The van der Waals surface area contributed by atoms with Crippen LogP contribution in [-0.2, 0) is 4.74 Å². The van der Waals surface area contributed by atoms with Gasteiger partial charge < -0.3 is 10.1 Å². The van der Waals surface area contributed by atoms with Crippen molar-refractivity contribution in [1.82, 2.24) is 5.32 Å². The second-order valence-corrected chi connectivity index (χ2v) is 5.00. The Bertz CT molecular complexity index is 172. The van der Waals surface area contributed by atoms with Gasteiger partial charge in [-0.2, -0.15) is 0 Å². The van der Waals surface area contributed by atoms with Crippen LogP contribution in [0.25, 0.3) is 0 Å². The zero-order chi connectivity index (χ0) is 11.8. The monoisotopic (exact) mass is 227 g/mol. The molecule has 3 unspecified atom stereocenters. The number of ether oxygens (including phenoxy) is 1. The first-order valence-corrected chi connectivity index (χ1v) is 7.08. The summed E-state index contributed by atoms with van der Waals surface area (Å²) in [7, 11) is 2.11. The SMILES string of the molecule is CCOCCC(NC)C1CCCCC1CC. The summed E-state index contributed by atoms with van der Waals surface area (Å²) in [5.74, 6) is 1.82. The van der Waals surface area contributed by atoms with E-state index in [4.69, 9.17) is 4.74 Å². The summed E-state index contributed by atoms with van der Waals surface area (Å²) in [5, 5.41) is 3.51. The van der Waals surface area contributed by atoms with Crippen molar-refractivity contribution in [1.29, 1.82) is 0 Å². The highest BCUT2D eigenvalue weighted by Crippen LogP contribution is 2.35. The van der Waals surface area contributed by atoms with Crippen LogP contribution >= 0.6 is 0 Å². The molecule has 16 heavy (non-hydrogen) atoms. The fraction of sp³-hybridized carbons (Fsp3) is 1.00. The Balaban J connectivity index is 2.41.